The normalized spacial score (nSPS) is 12.4. The number of halogens is 6. The summed E-state index contributed by atoms with van der Waals surface area (Å²) in [6, 6.07) is 0.706. The van der Waals surface area contributed by atoms with Gasteiger partial charge < -0.3 is 4.74 Å². The quantitative estimate of drug-likeness (QED) is 0.619. The van der Waals surface area contributed by atoms with E-state index in [1.54, 1.807) is 0 Å². The Balaban J connectivity index is 3.43. The third-order valence-corrected chi connectivity index (χ3v) is 2.84. The Bertz CT molecular complexity index is 531. The molecular formula is C13H12F6O2. The largest absolute Gasteiger partial charge is 0.466 e. The summed E-state index contributed by atoms with van der Waals surface area (Å²) in [6.45, 7) is 2.28. The molecule has 0 spiro atoms. The maximum Gasteiger partial charge on any atom is 0.416 e. The topological polar surface area (TPSA) is 26.3 Å². The van der Waals surface area contributed by atoms with Gasteiger partial charge in [-0.25, -0.2) is 0 Å². The molecule has 2 nitrogen and oxygen atoms in total. The molecule has 1 aromatic rings. The van der Waals surface area contributed by atoms with E-state index >= 15 is 0 Å². The van der Waals surface area contributed by atoms with Crippen molar-refractivity contribution in [1.29, 1.82) is 0 Å². The molecule has 118 valence electrons. The second-order valence-electron chi connectivity index (χ2n) is 4.24. The number of benzene rings is 1. The summed E-state index contributed by atoms with van der Waals surface area (Å²) in [7, 11) is 0. The molecule has 0 aliphatic heterocycles. The molecule has 1 rings (SSSR count). The molecule has 0 aliphatic carbocycles. The van der Waals surface area contributed by atoms with Crippen LogP contribution in [-0.4, -0.2) is 12.6 Å². The summed E-state index contributed by atoms with van der Waals surface area (Å²) in [5.74, 6) is -1.01. The van der Waals surface area contributed by atoms with E-state index in [0.29, 0.717) is 12.1 Å². The zero-order valence-electron chi connectivity index (χ0n) is 11.2. The lowest BCUT2D eigenvalue weighted by atomic mass is 9.94. The molecular weight excluding hydrogens is 302 g/mol. The Hall–Kier alpha value is -1.73. The fourth-order valence-electron chi connectivity index (χ4n) is 1.91. The smallest absolute Gasteiger partial charge is 0.416 e. The maximum atomic E-state index is 12.9. The lowest BCUT2D eigenvalue weighted by Gasteiger charge is -2.19. The van der Waals surface area contributed by atoms with Crippen LogP contribution in [-0.2, 0) is 28.3 Å². The summed E-state index contributed by atoms with van der Waals surface area (Å²) >= 11 is 0. The van der Waals surface area contributed by atoms with Crippen molar-refractivity contribution in [2.45, 2.75) is 32.6 Å². The highest BCUT2D eigenvalue weighted by molar-refractivity contribution is 5.74. The molecule has 0 unspecified atom stereocenters. The summed E-state index contributed by atoms with van der Waals surface area (Å²) in [5.41, 5.74) is -3.79. The van der Waals surface area contributed by atoms with Gasteiger partial charge in [-0.15, -0.1) is 0 Å². The molecule has 0 radical (unpaired) electrons. The van der Waals surface area contributed by atoms with Crippen molar-refractivity contribution < 1.29 is 35.9 Å². The van der Waals surface area contributed by atoms with Gasteiger partial charge in [0.1, 0.15) is 0 Å². The molecule has 0 aliphatic rings. The van der Waals surface area contributed by atoms with Gasteiger partial charge in [0, 0.05) is 0 Å². The Morgan fingerprint density at radius 3 is 1.95 bits per heavy atom. The predicted octanol–water partition coefficient (Wildman–Crippen LogP) is 4.14. The van der Waals surface area contributed by atoms with Crippen LogP contribution in [0.3, 0.4) is 0 Å². The van der Waals surface area contributed by atoms with Crippen LogP contribution in [0.4, 0.5) is 26.3 Å². The fraction of sp³-hybridized carbons (Fsp3) is 0.462. The summed E-state index contributed by atoms with van der Waals surface area (Å²) in [4.78, 5) is 11.3. The lowest BCUT2D eigenvalue weighted by Crippen LogP contribution is -2.19. The minimum Gasteiger partial charge on any atom is -0.466 e. The van der Waals surface area contributed by atoms with Crippen LogP contribution in [0.1, 0.15) is 29.2 Å². The van der Waals surface area contributed by atoms with Crippen LogP contribution in [0, 0.1) is 6.92 Å². The molecule has 1 aromatic carbocycles. The van der Waals surface area contributed by atoms with Crippen molar-refractivity contribution in [2.24, 2.45) is 0 Å². The van der Waals surface area contributed by atoms with E-state index in [4.69, 9.17) is 0 Å². The average Bonchev–Trinajstić information content (AvgIpc) is 2.28. The lowest BCUT2D eigenvalue weighted by molar-refractivity contribution is -0.145. The summed E-state index contributed by atoms with van der Waals surface area (Å²) < 4.78 is 81.3. The van der Waals surface area contributed by atoms with Crippen molar-refractivity contribution in [3.8, 4) is 0 Å². The second-order valence-corrected chi connectivity index (χ2v) is 4.24. The molecule has 0 N–H and O–H groups in total. The first-order chi connectivity index (χ1) is 9.48. The second kappa shape index (κ2) is 5.95. The molecule has 0 heterocycles. The highest BCUT2D eigenvalue weighted by Gasteiger charge is 2.39. The Kier molecular flexibility index (Phi) is 4.91. The van der Waals surface area contributed by atoms with Gasteiger partial charge in [0.05, 0.1) is 24.2 Å². The van der Waals surface area contributed by atoms with Crippen LogP contribution in [0.2, 0.25) is 0 Å². The maximum absolute atomic E-state index is 12.9. The van der Waals surface area contributed by atoms with Crippen molar-refractivity contribution >= 4 is 5.97 Å². The zero-order valence-corrected chi connectivity index (χ0v) is 11.2. The van der Waals surface area contributed by atoms with Gasteiger partial charge in [0.2, 0.25) is 0 Å². The molecule has 8 heteroatoms. The summed E-state index contributed by atoms with van der Waals surface area (Å²) in [6.07, 6.45) is -10.5. The summed E-state index contributed by atoms with van der Waals surface area (Å²) in [5, 5.41) is 0. The van der Waals surface area contributed by atoms with Gasteiger partial charge in [-0.1, -0.05) is 0 Å². The molecule has 21 heavy (non-hydrogen) atoms. The first-order valence-electron chi connectivity index (χ1n) is 5.91. The van der Waals surface area contributed by atoms with E-state index in [1.165, 1.54) is 6.92 Å². The minimum atomic E-state index is -4.85. The molecule has 0 fully saturated rings. The predicted molar refractivity (Wildman–Crippen MR) is 61.5 cm³/mol. The van der Waals surface area contributed by atoms with Crippen molar-refractivity contribution in [1.82, 2.24) is 0 Å². The fourth-order valence-corrected chi connectivity index (χ4v) is 1.91. The average molecular weight is 314 g/mol. The van der Waals surface area contributed by atoms with E-state index in [-0.39, 0.29) is 6.61 Å². The van der Waals surface area contributed by atoms with E-state index in [2.05, 4.69) is 4.74 Å². The van der Waals surface area contributed by atoms with Gasteiger partial charge in [0.15, 0.2) is 0 Å². The zero-order chi connectivity index (χ0) is 16.4. The Morgan fingerprint density at radius 1 is 1.05 bits per heavy atom. The SMILES string of the molecule is CCOC(=O)Cc1c(C(F)(F)F)ccc(C(F)(F)F)c1C. The van der Waals surface area contributed by atoms with Crippen LogP contribution in [0.5, 0.6) is 0 Å². The number of carbonyl (C=O) groups is 1. The van der Waals surface area contributed by atoms with Gasteiger partial charge in [-0.2, -0.15) is 26.3 Å². The molecule has 0 saturated heterocycles. The minimum absolute atomic E-state index is 0.0712. The Morgan fingerprint density at radius 2 is 1.52 bits per heavy atom. The molecule has 0 saturated carbocycles. The molecule has 0 aromatic heterocycles. The first-order valence-corrected chi connectivity index (χ1v) is 5.91. The van der Waals surface area contributed by atoms with E-state index in [1.807, 2.05) is 0 Å². The first kappa shape index (κ1) is 17.3. The number of alkyl halides is 6. The third-order valence-electron chi connectivity index (χ3n) is 2.84. The van der Waals surface area contributed by atoms with Crippen LogP contribution in [0.25, 0.3) is 0 Å². The van der Waals surface area contributed by atoms with E-state index < -0.39 is 47.0 Å². The van der Waals surface area contributed by atoms with E-state index in [0.717, 1.165) is 6.92 Å². The van der Waals surface area contributed by atoms with Gasteiger partial charge in [-0.3, -0.25) is 4.79 Å². The highest BCUT2D eigenvalue weighted by Crippen LogP contribution is 2.39. The van der Waals surface area contributed by atoms with Crippen molar-refractivity contribution in [3.05, 3.63) is 34.4 Å². The number of rotatable bonds is 3. The van der Waals surface area contributed by atoms with Crippen molar-refractivity contribution in [2.75, 3.05) is 6.61 Å². The highest BCUT2D eigenvalue weighted by atomic mass is 19.4. The number of ether oxygens (including phenoxy) is 1. The van der Waals surface area contributed by atoms with Crippen LogP contribution in [0.15, 0.2) is 12.1 Å². The monoisotopic (exact) mass is 314 g/mol. The van der Waals surface area contributed by atoms with Crippen molar-refractivity contribution in [3.63, 3.8) is 0 Å². The number of hydrogen-bond donors (Lipinski definition) is 0. The molecule has 0 bridgehead atoms. The van der Waals surface area contributed by atoms with Crippen LogP contribution < -0.4 is 0 Å². The number of esters is 1. The number of carbonyl (C=O) groups excluding carboxylic acids is 1. The standard InChI is InChI=1S/C13H12F6O2/c1-3-21-11(20)6-8-7(2)9(12(14,15)16)4-5-10(8)13(17,18)19/h4-5H,3,6H2,1-2H3. The third kappa shape index (κ3) is 4.12. The number of hydrogen-bond acceptors (Lipinski definition) is 2. The van der Waals surface area contributed by atoms with Gasteiger partial charge in [-0.05, 0) is 37.1 Å². The van der Waals surface area contributed by atoms with E-state index in [9.17, 15) is 31.1 Å². The molecule has 0 amide bonds. The van der Waals surface area contributed by atoms with Crippen LogP contribution >= 0.6 is 0 Å². The van der Waals surface area contributed by atoms with Gasteiger partial charge in [0.25, 0.3) is 0 Å². The Labute approximate surface area is 116 Å². The molecule has 0 atom stereocenters. The van der Waals surface area contributed by atoms with Gasteiger partial charge >= 0.3 is 18.3 Å².